The van der Waals surface area contributed by atoms with Crippen molar-refractivity contribution in [2.45, 2.75) is 32.6 Å². The average Bonchev–Trinajstić information content (AvgIpc) is 2.74. The molecule has 0 unspecified atom stereocenters. The number of amides is 2. The summed E-state index contributed by atoms with van der Waals surface area (Å²) >= 11 is 0. The third kappa shape index (κ3) is 2.80. The van der Waals surface area contributed by atoms with Gasteiger partial charge in [0.05, 0.1) is 12.8 Å². The second kappa shape index (κ2) is 5.51. The van der Waals surface area contributed by atoms with Gasteiger partial charge in [0.25, 0.3) is 0 Å². The second-order valence-corrected chi connectivity index (χ2v) is 6.33. The third-order valence-corrected chi connectivity index (χ3v) is 4.71. The van der Waals surface area contributed by atoms with E-state index >= 15 is 0 Å². The van der Waals surface area contributed by atoms with E-state index < -0.39 is 0 Å². The first-order valence-corrected chi connectivity index (χ1v) is 7.70. The van der Waals surface area contributed by atoms with Crippen molar-refractivity contribution in [2.75, 3.05) is 25.0 Å². The summed E-state index contributed by atoms with van der Waals surface area (Å²) in [7, 11) is 1.80. The van der Waals surface area contributed by atoms with Crippen LogP contribution in [0.5, 0.6) is 0 Å². The van der Waals surface area contributed by atoms with Crippen LogP contribution in [0.2, 0.25) is 0 Å². The Kier molecular flexibility index (Phi) is 3.70. The predicted octanol–water partition coefficient (Wildman–Crippen LogP) is 2.01. The Labute approximate surface area is 125 Å². The van der Waals surface area contributed by atoms with Crippen LogP contribution in [0.15, 0.2) is 18.2 Å². The minimum Gasteiger partial charge on any atom is -0.342 e. The number of likely N-dealkylation sites (tertiary alicyclic amines) is 1. The van der Waals surface area contributed by atoms with Crippen LogP contribution >= 0.6 is 0 Å². The van der Waals surface area contributed by atoms with Crippen molar-refractivity contribution in [1.29, 1.82) is 0 Å². The summed E-state index contributed by atoms with van der Waals surface area (Å²) in [6.45, 7) is 4.01. The highest BCUT2D eigenvalue weighted by Crippen LogP contribution is 2.28. The molecule has 3 rings (SSSR count). The van der Waals surface area contributed by atoms with Gasteiger partial charge in [-0.25, -0.2) is 0 Å². The van der Waals surface area contributed by atoms with E-state index in [-0.39, 0.29) is 11.8 Å². The van der Waals surface area contributed by atoms with Crippen LogP contribution in [-0.2, 0) is 22.4 Å². The molecular formula is C17H22N2O2. The summed E-state index contributed by atoms with van der Waals surface area (Å²) in [5.41, 5.74) is 3.03. The van der Waals surface area contributed by atoms with E-state index in [1.165, 1.54) is 0 Å². The lowest BCUT2D eigenvalue weighted by molar-refractivity contribution is -0.131. The minimum atomic E-state index is 0.124. The van der Waals surface area contributed by atoms with Gasteiger partial charge in [-0.1, -0.05) is 19.1 Å². The topological polar surface area (TPSA) is 40.6 Å². The van der Waals surface area contributed by atoms with Crippen molar-refractivity contribution in [2.24, 2.45) is 5.92 Å². The van der Waals surface area contributed by atoms with E-state index in [4.69, 9.17) is 0 Å². The standard InChI is InChI=1S/C17H22N2O2/c1-12-5-7-19(8-6-12)17(21)10-13-3-4-15-14(9-13)11-16(20)18(15)2/h3-4,9,12H,5-8,10-11H2,1-2H3. The van der Waals surface area contributed by atoms with Gasteiger partial charge in [0.2, 0.25) is 11.8 Å². The normalized spacial score (nSPS) is 19.0. The summed E-state index contributed by atoms with van der Waals surface area (Å²) in [5.74, 6) is 1.06. The Morgan fingerprint density at radius 2 is 2.00 bits per heavy atom. The first kappa shape index (κ1) is 14.1. The molecule has 0 radical (unpaired) electrons. The lowest BCUT2D eigenvalue weighted by Crippen LogP contribution is -2.38. The van der Waals surface area contributed by atoms with Gasteiger partial charge in [-0.2, -0.15) is 0 Å². The van der Waals surface area contributed by atoms with E-state index in [1.807, 2.05) is 23.1 Å². The summed E-state index contributed by atoms with van der Waals surface area (Å²) in [4.78, 5) is 27.7. The van der Waals surface area contributed by atoms with Crippen molar-refractivity contribution in [1.82, 2.24) is 4.90 Å². The van der Waals surface area contributed by atoms with Crippen LogP contribution in [0.1, 0.15) is 30.9 Å². The molecule has 112 valence electrons. The molecule has 0 aliphatic carbocycles. The van der Waals surface area contributed by atoms with E-state index in [0.29, 0.717) is 12.8 Å². The van der Waals surface area contributed by atoms with Gasteiger partial charge in [-0.05, 0) is 36.0 Å². The Bertz CT molecular complexity index is 574. The van der Waals surface area contributed by atoms with Gasteiger partial charge in [0.1, 0.15) is 0 Å². The summed E-state index contributed by atoms with van der Waals surface area (Å²) in [5, 5.41) is 0. The Hall–Kier alpha value is -1.84. The van der Waals surface area contributed by atoms with Crippen molar-refractivity contribution < 1.29 is 9.59 Å². The van der Waals surface area contributed by atoms with Gasteiger partial charge in [-0.15, -0.1) is 0 Å². The van der Waals surface area contributed by atoms with Crippen molar-refractivity contribution in [3.63, 3.8) is 0 Å². The molecule has 4 nitrogen and oxygen atoms in total. The molecular weight excluding hydrogens is 264 g/mol. The molecule has 4 heteroatoms. The number of hydrogen-bond acceptors (Lipinski definition) is 2. The fourth-order valence-electron chi connectivity index (χ4n) is 3.18. The molecule has 0 N–H and O–H groups in total. The molecule has 1 fully saturated rings. The number of anilines is 1. The van der Waals surface area contributed by atoms with Crippen LogP contribution < -0.4 is 4.90 Å². The van der Waals surface area contributed by atoms with Crippen molar-refractivity contribution in [3.05, 3.63) is 29.3 Å². The Morgan fingerprint density at radius 1 is 1.29 bits per heavy atom. The highest BCUT2D eigenvalue weighted by molar-refractivity contribution is 6.01. The number of rotatable bonds is 2. The largest absolute Gasteiger partial charge is 0.342 e. The first-order chi connectivity index (χ1) is 10.0. The predicted molar refractivity (Wildman–Crippen MR) is 82.2 cm³/mol. The van der Waals surface area contributed by atoms with Crippen LogP contribution in [0.4, 0.5) is 5.69 Å². The van der Waals surface area contributed by atoms with Crippen LogP contribution in [0.25, 0.3) is 0 Å². The average molecular weight is 286 g/mol. The fourth-order valence-corrected chi connectivity index (χ4v) is 3.18. The number of carbonyl (C=O) groups excluding carboxylic acids is 2. The Morgan fingerprint density at radius 3 is 2.71 bits per heavy atom. The van der Waals surface area contributed by atoms with Crippen molar-refractivity contribution in [3.8, 4) is 0 Å². The maximum absolute atomic E-state index is 12.4. The number of fused-ring (bicyclic) bond motifs is 1. The lowest BCUT2D eigenvalue weighted by Gasteiger charge is -2.30. The first-order valence-electron chi connectivity index (χ1n) is 7.70. The van der Waals surface area contributed by atoms with Crippen LogP contribution in [-0.4, -0.2) is 36.9 Å². The van der Waals surface area contributed by atoms with E-state index in [9.17, 15) is 9.59 Å². The van der Waals surface area contributed by atoms with Crippen LogP contribution in [0, 0.1) is 5.92 Å². The number of likely N-dealkylation sites (N-methyl/N-ethyl adjacent to an activating group) is 1. The molecule has 0 atom stereocenters. The number of hydrogen-bond donors (Lipinski definition) is 0. The highest BCUT2D eigenvalue weighted by atomic mass is 16.2. The second-order valence-electron chi connectivity index (χ2n) is 6.33. The molecule has 2 aliphatic heterocycles. The molecule has 0 saturated carbocycles. The van der Waals surface area contributed by atoms with Crippen molar-refractivity contribution >= 4 is 17.5 Å². The zero-order chi connectivity index (χ0) is 15.0. The highest BCUT2D eigenvalue weighted by Gasteiger charge is 2.25. The molecule has 2 heterocycles. The molecule has 0 aromatic heterocycles. The number of benzene rings is 1. The molecule has 1 aromatic carbocycles. The van der Waals surface area contributed by atoms with Gasteiger partial charge in [0.15, 0.2) is 0 Å². The summed E-state index contributed by atoms with van der Waals surface area (Å²) < 4.78 is 0. The monoisotopic (exact) mass is 286 g/mol. The molecule has 2 aliphatic rings. The van der Waals surface area contributed by atoms with E-state index in [0.717, 1.165) is 48.7 Å². The number of nitrogens with zero attached hydrogens (tertiary/aromatic N) is 2. The SMILES string of the molecule is CC1CCN(C(=O)Cc2ccc3c(c2)CC(=O)N3C)CC1. The van der Waals surface area contributed by atoms with Gasteiger partial charge in [0, 0.05) is 25.8 Å². The van der Waals surface area contributed by atoms with E-state index in [2.05, 4.69) is 6.92 Å². The molecule has 2 amide bonds. The summed E-state index contributed by atoms with van der Waals surface area (Å²) in [6, 6.07) is 5.95. The quantitative estimate of drug-likeness (QED) is 0.834. The maximum atomic E-state index is 12.4. The zero-order valence-electron chi connectivity index (χ0n) is 12.8. The Balaban J connectivity index is 1.67. The van der Waals surface area contributed by atoms with Crippen LogP contribution in [0.3, 0.4) is 0 Å². The third-order valence-electron chi connectivity index (χ3n) is 4.71. The molecule has 1 saturated heterocycles. The lowest BCUT2D eigenvalue weighted by atomic mass is 9.98. The van der Waals surface area contributed by atoms with Gasteiger partial charge < -0.3 is 9.80 Å². The van der Waals surface area contributed by atoms with Gasteiger partial charge >= 0.3 is 0 Å². The summed E-state index contributed by atoms with van der Waals surface area (Å²) in [6.07, 6.45) is 3.11. The molecule has 0 spiro atoms. The smallest absolute Gasteiger partial charge is 0.231 e. The minimum absolute atomic E-state index is 0.124. The maximum Gasteiger partial charge on any atom is 0.231 e. The molecule has 21 heavy (non-hydrogen) atoms. The number of carbonyl (C=O) groups is 2. The molecule has 0 bridgehead atoms. The zero-order valence-corrected chi connectivity index (χ0v) is 12.8. The number of piperidine rings is 1. The van der Waals surface area contributed by atoms with E-state index in [1.54, 1.807) is 11.9 Å². The molecule has 1 aromatic rings. The van der Waals surface area contributed by atoms with Gasteiger partial charge in [-0.3, -0.25) is 9.59 Å². The fraction of sp³-hybridized carbons (Fsp3) is 0.529.